The second kappa shape index (κ2) is 10.5. The van der Waals surface area contributed by atoms with Gasteiger partial charge in [0.1, 0.15) is 5.69 Å². The monoisotopic (exact) mass is 557 g/mol. The van der Waals surface area contributed by atoms with Gasteiger partial charge in [0.15, 0.2) is 14.9 Å². The van der Waals surface area contributed by atoms with Gasteiger partial charge in [0.25, 0.3) is 5.91 Å². The third kappa shape index (κ3) is 5.76. The number of hydrogen-bond acceptors (Lipinski definition) is 8. The summed E-state index contributed by atoms with van der Waals surface area (Å²) in [6.45, 7) is 1.76. The number of ether oxygens (including phenoxy) is 1. The molecule has 2 N–H and O–H groups in total. The normalized spacial score (nSPS) is 15.7. The van der Waals surface area contributed by atoms with Crippen LogP contribution < -0.4 is 10.6 Å². The van der Waals surface area contributed by atoms with E-state index >= 15 is 0 Å². The summed E-state index contributed by atoms with van der Waals surface area (Å²) in [5, 5.41) is 9.10. The molecule has 1 aliphatic heterocycles. The molecule has 0 saturated carbocycles. The van der Waals surface area contributed by atoms with E-state index in [2.05, 4.69) is 16.0 Å². The molecule has 1 aromatic carbocycles. The van der Waals surface area contributed by atoms with Crippen LogP contribution in [0.5, 0.6) is 0 Å². The lowest BCUT2D eigenvalue weighted by molar-refractivity contribution is -0.141. The molecule has 39 heavy (non-hydrogen) atoms. The fraction of sp³-hybridized carbons (Fsp3) is 0.231. The summed E-state index contributed by atoms with van der Waals surface area (Å²) in [5.74, 6) is -0.802. The number of hydrogen-bond donors (Lipinski definition) is 1. The number of benzene rings is 1. The topological polar surface area (TPSA) is 139 Å². The van der Waals surface area contributed by atoms with Crippen LogP contribution in [0.2, 0.25) is 0 Å². The van der Waals surface area contributed by atoms with Crippen LogP contribution >= 0.6 is 0 Å². The third-order valence-corrected chi connectivity index (χ3v) is 7.07. The number of halogens is 3. The van der Waals surface area contributed by atoms with E-state index in [-0.39, 0.29) is 35.5 Å². The summed E-state index contributed by atoms with van der Waals surface area (Å²) in [6.07, 6.45) is -2.12. The molecule has 0 radical (unpaired) electrons. The molecule has 13 heteroatoms. The SMILES string of the molecule is CC1OCC(c2ccc(CN(C(=O)c3ccc(C(F)(F)F)nc3)c3cccnc3S(C)(=O)=O)cc2N)=C1C#N. The third-order valence-electron chi connectivity index (χ3n) is 6.05. The molecule has 0 aliphatic carbocycles. The van der Waals surface area contributed by atoms with E-state index in [1.165, 1.54) is 18.3 Å². The minimum Gasteiger partial charge on any atom is -0.398 e. The zero-order chi connectivity index (χ0) is 28.5. The Morgan fingerprint density at radius 3 is 2.56 bits per heavy atom. The first-order valence-corrected chi connectivity index (χ1v) is 13.3. The molecule has 1 unspecified atom stereocenters. The highest BCUT2D eigenvalue weighted by Gasteiger charge is 2.33. The lowest BCUT2D eigenvalue weighted by Gasteiger charge is -2.25. The van der Waals surface area contributed by atoms with Gasteiger partial charge in [-0.1, -0.05) is 12.1 Å². The van der Waals surface area contributed by atoms with E-state index in [1.807, 2.05) is 0 Å². The minimum absolute atomic E-state index is 0.0694. The molecule has 4 rings (SSSR count). The second-order valence-electron chi connectivity index (χ2n) is 8.80. The summed E-state index contributed by atoms with van der Waals surface area (Å²) in [7, 11) is -3.90. The van der Waals surface area contributed by atoms with Crippen LogP contribution in [0.4, 0.5) is 24.5 Å². The zero-order valence-electron chi connectivity index (χ0n) is 20.7. The molecule has 202 valence electrons. The Kier molecular flexibility index (Phi) is 7.45. The molecule has 0 fully saturated rings. The molecule has 1 amide bonds. The van der Waals surface area contributed by atoms with Gasteiger partial charge in [0, 0.05) is 35.5 Å². The fourth-order valence-electron chi connectivity index (χ4n) is 4.15. The number of pyridine rings is 2. The van der Waals surface area contributed by atoms with Gasteiger partial charge >= 0.3 is 6.18 Å². The molecule has 1 atom stereocenters. The van der Waals surface area contributed by atoms with Crippen molar-refractivity contribution in [2.75, 3.05) is 23.5 Å². The summed E-state index contributed by atoms with van der Waals surface area (Å²) in [6, 6.07) is 11.5. The van der Waals surface area contributed by atoms with Gasteiger partial charge in [0.05, 0.1) is 42.1 Å². The van der Waals surface area contributed by atoms with Crippen LogP contribution in [-0.2, 0) is 27.3 Å². The number of carbonyl (C=O) groups is 1. The molecule has 0 saturated heterocycles. The van der Waals surface area contributed by atoms with Crippen molar-refractivity contribution in [1.29, 1.82) is 5.26 Å². The maximum absolute atomic E-state index is 13.6. The highest BCUT2D eigenvalue weighted by Crippen LogP contribution is 2.34. The van der Waals surface area contributed by atoms with Crippen molar-refractivity contribution in [2.24, 2.45) is 0 Å². The number of nitrogens with zero attached hydrogens (tertiary/aromatic N) is 4. The smallest absolute Gasteiger partial charge is 0.398 e. The van der Waals surface area contributed by atoms with Crippen molar-refractivity contribution in [3.63, 3.8) is 0 Å². The van der Waals surface area contributed by atoms with E-state index in [0.29, 0.717) is 34.0 Å². The molecule has 9 nitrogen and oxygen atoms in total. The van der Waals surface area contributed by atoms with Crippen LogP contribution in [0.1, 0.15) is 34.1 Å². The van der Waals surface area contributed by atoms with E-state index in [0.717, 1.165) is 23.4 Å². The van der Waals surface area contributed by atoms with E-state index in [4.69, 9.17) is 10.5 Å². The van der Waals surface area contributed by atoms with Gasteiger partial charge in [0.2, 0.25) is 0 Å². The molecule has 2 aromatic heterocycles. The van der Waals surface area contributed by atoms with Crippen molar-refractivity contribution in [2.45, 2.75) is 30.8 Å². The predicted octanol–water partition coefficient (Wildman–Crippen LogP) is 4.02. The molecule has 1 aliphatic rings. The van der Waals surface area contributed by atoms with Gasteiger partial charge in [-0.2, -0.15) is 18.4 Å². The second-order valence-corrected chi connectivity index (χ2v) is 10.7. The van der Waals surface area contributed by atoms with Crippen molar-refractivity contribution >= 4 is 32.7 Å². The Balaban J connectivity index is 1.77. The Morgan fingerprint density at radius 2 is 1.97 bits per heavy atom. The summed E-state index contributed by atoms with van der Waals surface area (Å²) < 4.78 is 69.4. The molecule has 3 aromatic rings. The van der Waals surface area contributed by atoms with Gasteiger partial charge in [-0.05, 0) is 42.8 Å². The van der Waals surface area contributed by atoms with Gasteiger partial charge in [-0.25, -0.2) is 13.4 Å². The van der Waals surface area contributed by atoms with Gasteiger partial charge in [-0.15, -0.1) is 0 Å². The summed E-state index contributed by atoms with van der Waals surface area (Å²) in [4.78, 5) is 21.9. The predicted molar refractivity (Wildman–Crippen MR) is 136 cm³/mol. The van der Waals surface area contributed by atoms with Crippen molar-refractivity contribution in [1.82, 2.24) is 9.97 Å². The summed E-state index contributed by atoms with van der Waals surface area (Å²) >= 11 is 0. The average Bonchev–Trinajstić information content (AvgIpc) is 3.26. The van der Waals surface area contributed by atoms with E-state index < -0.39 is 27.6 Å². The Hall–Kier alpha value is -4.28. The van der Waals surface area contributed by atoms with Gasteiger partial charge < -0.3 is 15.4 Å². The number of amides is 1. The van der Waals surface area contributed by atoms with Crippen LogP contribution in [-0.4, -0.2) is 43.3 Å². The maximum atomic E-state index is 13.6. The number of aromatic nitrogens is 2. The number of rotatable bonds is 6. The number of alkyl halides is 3. The number of anilines is 2. The highest BCUT2D eigenvalue weighted by molar-refractivity contribution is 7.90. The van der Waals surface area contributed by atoms with Crippen LogP contribution in [0.3, 0.4) is 0 Å². The van der Waals surface area contributed by atoms with Crippen molar-refractivity contribution in [3.05, 3.63) is 82.8 Å². The number of nitrogen functional groups attached to an aromatic ring is 1. The quantitative estimate of drug-likeness (QED) is 0.449. The van der Waals surface area contributed by atoms with Crippen LogP contribution in [0.25, 0.3) is 5.57 Å². The number of nitriles is 1. The molecule has 0 bridgehead atoms. The Morgan fingerprint density at radius 1 is 1.23 bits per heavy atom. The van der Waals surface area contributed by atoms with Crippen LogP contribution in [0.15, 0.2) is 65.5 Å². The minimum atomic E-state index is -4.70. The largest absolute Gasteiger partial charge is 0.433 e. The number of sulfone groups is 1. The van der Waals surface area contributed by atoms with E-state index in [9.17, 15) is 31.6 Å². The average molecular weight is 558 g/mol. The first-order chi connectivity index (χ1) is 18.3. The van der Waals surface area contributed by atoms with E-state index in [1.54, 1.807) is 25.1 Å². The highest BCUT2D eigenvalue weighted by atomic mass is 32.2. The maximum Gasteiger partial charge on any atom is 0.433 e. The fourth-order valence-corrected chi connectivity index (χ4v) is 4.96. The lowest BCUT2D eigenvalue weighted by Crippen LogP contribution is -2.32. The first-order valence-electron chi connectivity index (χ1n) is 11.4. The first kappa shape index (κ1) is 27.7. The Bertz CT molecular complexity index is 1610. The van der Waals surface area contributed by atoms with Crippen LogP contribution in [0, 0.1) is 11.3 Å². The zero-order valence-corrected chi connectivity index (χ0v) is 21.5. The molecule has 3 heterocycles. The Labute approximate surface area is 222 Å². The lowest BCUT2D eigenvalue weighted by atomic mass is 9.97. The molecular weight excluding hydrogens is 535 g/mol. The summed E-state index contributed by atoms with van der Waals surface area (Å²) in [5.41, 5.74) is 7.31. The van der Waals surface area contributed by atoms with Crippen molar-refractivity contribution in [3.8, 4) is 6.07 Å². The van der Waals surface area contributed by atoms with Gasteiger partial charge in [-0.3, -0.25) is 9.78 Å². The standard InChI is InChI=1S/C26H22F3N5O4S/c1-15-19(11-30)20(14-38-15)18-7-5-16(10-21(18)31)13-34(22-4-3-9-32-24(22)39(2,36)37)25(35)17-6-8-23(33-12-17)26(27,28)29/h3-10,12,15H,13-14,31H2,1-2H3. The number of nitrogens with two attached hydrogens (primary N) is 1. The number of carbonyl (C=O) groups excluding carboxylic acids is 1. The molecule has 0 spiro atoms. The van der Waals surface area contributed by atoms with Crippen molar-refractivity contribution < 1.29 is 31.1 Å². The molecular formula is C26H22F3N5O4S.